The maximum atomic E-state index is 11.3. The standard InChI is InChI=1S/C17H28O2/c1-7-9-16(6)15(18)10-14(12(3)4)11-17(16,19)13(5)8-2/h7-8,13-15,18-19H,1-3,9-11H2,4-6H3/t13-,14+,15+,16-,17+/m0/s1. The molecule has 108 valence electrons. The zero-order chi connectivity index (χ0) is 14.8. The van der Waals surface area contributed by atoms with Gasteiger partial charge in [-0.2, -0.15) is 0 Å². The Hall–Kier alpha value is -0.860. The Morgan fingerprint density at radius 3 is 2.47 bits per heavy atom. The topological polar surface area (TPSA) is 40.5 Å². The van der Waals surface area contributed by atoms with Crippen molar-refractivity contribution in [1.29, 1.82) is 0 Å². The van der Waals surface area contributed by atoms with Crippen molar-refractivity contribution in [3.05, 3.63) is 37.5 Å². The van der Waals surface area contributed by atoms with Crippen molar-refractivity contribution in [3.63, 3.8) is 0 Å². The summed E-state index contributed by atoms with van der Waals surface area (Å²) < 4.78 is 0. The summed E-state index contributed by atoms with van der Waals surface area (Å²) in [4.78, 5) is 0. The zero-order valence-electron chi connectivity index (χ0n) is 12.5. The minimum atomic E-state index is -0.982. The first kappa shape index (κ1) is 16.2. The fourth-order valence-corrected chi connectivity index (χ4v) is 3.40. The fourth-order valence-electron chi connectivity index (χ4n) is 3.40. The molecule has 2 heteroatoms. The number of aliphatic hydroxyl groups excluding tert-OH is 1. The van der Waals surface area contributed by atoms with Crippen LogP contribution < -0.4 is 0 Å². The second-order valence-electron chi connectivity index (χ2n) is 6.36. The number of rotatable bonds is 5. The van der Waals surface area contributed by atoms with Crippen molar-refractivity contribution in [3.8, 4) is 0 Å². The molecule has 5 atom stereocenters. The Morgan fingerprint density at radius 1 is 1.47 bits per heavy atom. The summed E-state index contributed by atoms with van der Waals surface area (Å²) in [5, 5.41) is 21.8. The highest BCUT2D eigenvalue weighted by molar-refractivity contribution is 5.16. The quantitative estimate of drug-likeness (QED) is 0.746. The molecule has 0 bridgehead atoms. The molecule has 0 aromatic heterocycles. The van der Waals surface area contributed by atoms with E-state index in [-0.39, 0.29) is 11.8 Å². The van der Waals surface area contributed by atoms with Gasteiger partial charge in [-0.25, -0.2) is 0 Å². The van der Waals surface area contributed by atoms with Crippen LogP contribution in [0.15, 0.2) is 37.5 Å². The van der Waals surface area contributed by atoms with Gasteiger partial charge in [0, 0.05) is 11.3 Å². The van der Waals surface area contributed by atoms with Gasteiger partial charge in [-0.1, -0.05) is 38.2 Å². The first-order valence-corrected chi connectivity index (χ1v) is 7.02. The van der Waals surface area contributed by atoms with Crippen LogP contribution in [0.25, 0.3) is 0 Å². The molecule has 0 aromatic carbocycles. The van der Waals surface area contributed by atoms with Gasteiger partial charge >= 0.3 is 0 Å². The van der Waals surface area contributed by atoms with E-state index in [2.05, 4.69) is 19.7 Å². The normalized spacial score (nSPS) is 40.5. The molecule has 1 aliphatic rings. The molecule has 2 nitrogen and oxygen atoms in total. The largest absolute Gasteiger partial charge is 0.392 e. The Labute approximate surface area is 117 Å². The Balaban J connectivity index is 3.25. The highest BCUT2D eigenvalue weighted by atomic mass is 16.3. The van der Waals surface area contributed by atoms with Crippen LogP contribution in [0.4, 0.5) is 0 Å². The van der Waals surface area contributed by atoms with Crippen LogP contribution in [0, 0.1) is 17.3 Å². The Bertz CT molecular complexity index is 373. The lowest BCUT2D eigenvalue weighted by Gasteiger charge is -2.55. The predicted octanol–water partition coefficient (Wildman–Crippen LogP) is 3.47. The van der Waals surface area contributed by atoms with E-state index in [0.717, 1.165) is 5.57 Å². The summed E-state index contributed by atoms with van der Waals surface area (Å²) in [6.45, 7) is 17.5. The lowest BCUT2D eigenvalue weighted by atomic mass is 9.54. The lowest BCUT2D eigenvalue weighted by molar-refractivity contribution is -0.190. The average molecular weight is 264 g/mol. The molecule has 19 heavy (non-hydrogen) atoms. The zero-order valence-corrected chi connectivity index (χ0v) is 12.5. The Morgan fingerprint density at radius 2 is 2.05 bits per heavy atom. The molecule has 0 radical (unpaired) electrons. The molecule has 0 saturated heterocycles. The molecule has 0 unspecified atom stereocenters. The van der Waals surface area contributed by atoms with E-state index in [1.165, 1.54) is 0 Å². The third kappa shape index (κ3) is 2.56. The van der Waals surface area contributed by atoms with E-state index in [4.69, 9.17) is 0 Å². The number of allylic oxidation sites excluding steroid dienone is 2. The highest BCUT2D eigenvalue weighted by Gasteiger charge is 2.57. The maximum absolute atomic E-state index is 11.3. The molecule has 0 amide bonds. The van der Waals surface area contributed by atoms with Gasteiger partial charge < -0.3 is 10.2 Å². The minimum Gasteiger partial charge on any atom is -0.392 e. The summed E-state index contributed by atoms with van der Waals surface area (Å²) in [5.74, 6) is 0.0644. The summed E-state index contributed by atoms with van der Waals surface area (Å²) in [5.41, 5.74) is -0.548. The van der Waals surface area contributed by atoms with Crippen LogP contribution in [-0.4, -0.2) is 21.9 Å². The number of hydrogen-bond donors (Lipinski definition) is 2. The summed E-state index contributed by atoms with van der Waals surface area (Å²) in [7, 11) is 0. The van der Waals surface area contributed by atoms with Crippen LogP contribution in [0.3, 0.4) is 0 Å². The average Bonchev–Trinajstić information content (AvgIpc) is 2.34. The van der Waals surface area contributed by atoms with Gasteiger partial charge in [0.1, 0.15) is 0 Å². The van der Waals surface area contributed by atoms with Gasteiger partial charge in [-0.05, 0) is 32.1 Å². The van der Waals surface area contributed by atoms with Gasteiger partial charge in [0.15, 0.2) is 0 Å². The third-order valence-electron chi connectivity index (χ3n) is 5.16. The van der Waals surface area contributed by atoms with Gasteiger partial charge in [-0.15, -0.1) is 13.2 Å². The van der Waals surface area contributed by atoms with Crippen molar-refractivity contribution in [2.24, 2.45) is 17.3 Å². The Kier molecular flexibility index (Phi) is 4.81. The molecular weight excluding hydrogens is 236 g/mol. The second kappa shape index (κ2) is 5.64. The van der Waals surface area contributed by atoms with E-state index in [1.807, 2.05) is 20.8 Å². The van der Waals surface area contributed by atoms with Crippen molar-refractivity contribution < 1.29 is 10.2 Å². The lowest BCUT2D eigenvalue weighted by Crippen LogP contribution is -2.61. The monoisotopic (exact) mass is 264 g/mol. The first-order valence-electron chi connectivity index (χ1n) is 7.02. The molecule has 0 heterocycles. The molecular formula is C17H28O2. The first-order chi connectivity index (χ1) is 8.72. The molecule has 0 aromatic rings. The van der Waals surface area contributed by atoms with E-state index in [0.29, 0.717) is 19.3 Å². The maximum Gasteiger partial charge on any atom is 0.0793 e. The van der Waals surface area contributed by atoms with Crippen molar-refractivity contribution >= 4 is 0 Å². The molecule has 1 rings (SSSR count). The molecule has 1 aliphatic carbocycles. The molecule has 1 saturated carbocycles. The number of hydrogen-bond acceptors (Lipinski definition) is 2. The van der Waals surface area contributed by atoms with Gasteiger partial charge in [0.25, 0.3) is 0 Å². The second-order valence-corrected chi connectivity index (χ2v) is 6.36. The summed E-state index contributed by atoms with van der Waals surface area (Å²) in [6, 6.07) is 0. The SMILES string of the molecule is C=CC[C@@]1(C)[C@H](O)C[C@@H](C(=C)C)C[C@@]1(O)[C@@H](C)C=C. The highest BCUT2D eigenvalue weighted by Crippen LogP contribution is 2.53. The van der Waals surface area contributed by atoms with Crippen LogP contribution in [0.1, 0.15) is 40.0 Å². The minimum absolute atomic E-state index is 0.0887. The van der Waals surface area contributed by atoms with Crippen LogP contribution in [0.5, 0.6) is 0 Å². The van der Waals surface area contributed by atoms with Crippen LogP contribution in [-0.2, 0) is 0 Å². The molecule has 1 fully saturated rings. The number of aliphatic hydroxyl groups is 2. The molecule has 0 spiro atoms. The molecule has 0 aliphatic heterocycles. The van der Waals surface area contributed by atoms with E-state index < -0.39 is 17.1 Å². The van der Waals surface area contributed by atoms with E-state index >= 15 is 0 Å². The fraction of sp³-hybridized carbons (Fsp3) is 0.647. The van der Waals surface area contributed by atoms with E-state index in [9.17, 15) is 10.2 Å². The predicted molar refractivity (Wildman–Crippen MR) is 80.8 cm³/mol. The van der Waals surface area contributed by atoms with Crippen LogP contribution in [0.2, 0.25) is 0 Å². The van der Waals surface area contributed by atoms with Crippen LogP contribution >= 0.6 is 0 Å². The van der Waals surface area contributed by atoms with Gasteiger partial charge in [-0.3, -0.25) is 0 Å². The van der Waals surface area contributed by atoms with Gasteiger partial charge in [0.05, 0.1) is 11.7 Å². The van der Waals surface area contributed by atoms with Crippen molar-refractivity contribution in [2.45, 2.75) is 51.7 Å². The summed E-state index contributed by atoms with van der Waals surface area (Å²) in [6.07, 6.45) is 4.86. The van der Waals surface area contributed by atoms with E-state index in [1.54, 1.807) is 12.2 Å². The van der Waals surface area contributed by atoms with Crippen molar-refractivity contribution in [2.75, 3.05) is 0 Å². The smallest absolute Gasteiger partial charge is 0.0793 e. The molecule has 2 N–H and O–H groups in total. The third-order valence-corrected chi connectivity index (χ3v) is 5.16. The van der Waals surface area contributed by atoms with Gasteiger partial charge in [0.2, 0.25) is 0 Å². The summed E-state index contributed by atoms with van der Waals surface area (Å²) >= 11 is 0. The van der Waals surface area contributed by atoms with Crippen molar-refractivity contribution in [1.82, 2.24) is 0 Å².